The van der Waals surface area contributed by atoms with Gasteiger partial charge in [0.25, 0.3) is 6.29 Å². The summed E-state index contributed by atoms with van der Waals surface area (Å²) in [5.41, 5.74) is 0. The molecule has 2 atom stereocenters. The van der Waals surface area contributed by atoms with Crippen LogP contribution in [-0.2, 0) is 33.3 Å². The molecule has 0 bridgehead atoms. The van der Waals surface area contributed by atoms with Crippen molar-refractivity contribution in [2.24, 2.45) is 0 Å². The van der Waals surface area contributed by atoms with Gasteiger partial charge in [-0.15, -0.1) is 0 Å². The fourth-order valence-electron chi connectivity index (χ4n) is 10.1. The number of carboxylic acid groups (broad SMARTS) is 1. The molecule has 0 rings (SSSR count). The van der Waals surface area contributed by atoms with E-state index in [1.807, 2.05) is 21.1 Å². The standard InChI is InChI=1S/C74H133NO8/c1-6-8-10-12-14-16-18-20-22-24-26-28-30-32-34-35-36-37-39-41-43-45-47-49-51-53-55-57-59-61-63-65-72(77)83-70(69-82-74(73(78)79)80-67-66-75(3,4)5)68-81-71(76)64-62-60-58-56-54-52-50-48-46-44-42-40-38-33-31-29-27-25-23-21-19-17-15-13-11-9-7-2/h8,10,14,16,19-22,25-28,70,74H,6-7,9,11-13,15,17-18,23-24,29-69H2,1-5H3/p+1/b10-8-,16-14-,21-19-,22-20-,27-25-,28-26-. The Morgan fingerprint density at radius 3 is 1.02 bits per heavy atom. The molecule has 2 unspecified atom stereocenters. The fraction of sp³-hybridized carbons (Fsp3) is 0.797. The van der Waals surface area contributed by atoms with E-state index >= 15 is 0 Å². The molecule has 0 saturated carbocycles. The second-order valence-corrected chi connectivity index (χ2v) is 24.8. The number of aliphatic carboxylic acids is 1. The smallest absolute Gasteiger partial charge is 0.361 e. The number of ether oxygens (including phenoxy) is 4. The Hall–Kier alpha value is -3.27. The van der Waals surface area contributed by atoms with Crippen molar-refractivity contribution in [1.82, 2.24) is 0 Å². The third kappa shape index (κ3) is 66.1. The van der Waals surface area contributed by atoms with Crippen LogP contribution in [0.25, 0.3) is 0 Å². The monoisotopic (exact) mass is 1170 g/mol. The third-order valence-electron chi connectivity index (χ3n) is 15.4. The van der Waals surface area contributed by atoms with Crippen molar-refractivity contribution < 1.29 is 42.9 Å². The SMILES string of the molecule is CC/C=C\C/C=C\C/C=C\C/C=C\CCCCCCCCCCCCCCCCCCCCC(=O)OC(COC(=O)CCCCCCCCCCCCCCCCC/C=C\C/C=C\CCCCCCC)COC(OCC[N+](C)(C)C)C(=O)O. The van der Waals surface area contributed by atoms with Gasteiger partial charge in [-0.1, -0.05) is 299 Å². The zero-order chi connectivity index (χ0) is 60.5. The summed E-state index contributed by atoms with van der Waals surface area (Å²) in [5, 5.41) is 9.75. The largest absolute Gasteiger partial charge is 0.477 e. The van der Waals surface area contributed by atoms with Gasteiger partial charge in [0, 0.05) is 12.8 Å². The number of hydrogen-bond donors (Lipinski definition) is 1. The van der Waals surface area contributed by atoms with Crippen molar-refractivity contribution in [2.45, 2.75) is 334 Å². The molecule has 0 amide bonds. The van der Waals surface area contributed by atoms with E-state index in [0.29, 0.717) is 17.4 Å². The highest BCUT2D eigenvalue weighted by Gasteiger charge is 2.25. The highest BCUT2D eigenvalue weighted by atomic mass is 16.7. The number of carbonyl (C=O) groups is 3. The highest BCUT2D eigenvalue weighted by Crippen LogP contribution is 2.18. The molecule has 0 saturated heterocycles. The maximum absolute atomic E-state index is 12.9. The number of allylic oxidation sites excluding steroid dienone is 12. The first-order chi connectivity index (χ1) is 40.6. The van der Waals surface area contributed by atoms with Gasteiger partial charge in [0.2, 0.25) is 0 Å². The van der Waals surface area contributed by atoms with Crippen LogP contribution in [0, 0.1) is 0 Å². The molecule has 0 aromatic rings. The van der Waals surface area contributed by atoms with Crippen LogP contribution in [0.3, 0.4) is 0 Å². The Bertz CT molecular complexity index is 1590. The van der Waals surface area contributed by atoms with Crippen molar-refractivity contribution in [1.29, 1.82) is 0 Å². The first-order valence-electron chi connectivity index (χ1n) is 35.1. The summed E-state index contributed by atoms with van der Waals surface area (Å²) in [6.07, 6.45) is 83.0. The molecule has 0 aliphatic carbocycles. The molecular weight excluding hydrogens is 1030 g/mol. The molecule has 0 fully saturated rings. The number of carboxylic acids is 1. The van der Waals surface area contributed by atoms with E-state index in [0.717, 1.165) is 70.6 Å². The van der Waals surface area contributed by atoms with Crippen LogP contribution >= 0.6 is 0 Å². The van der Waals surface area contributed by atoms with Crippen LogP contribution in [0.5, 0.6) is 0 Å². The number of esters is 2. The van der Waals surface area contributed by atoms with E-state index < -0.39 is 18.4 Å². The lowest BCUT2D eigenvalue weighted by molar-refractivity contribution is -0.870. The Kier molecular flexibility index (Phi) is 62.2. The van der Waals surface area contributed by atoms with Crippen molar-refractivity contribution in [2.75, 3.05) is 47.5 Å². The summed E-state index contributed by atoms with van der Waals surface area (Å²) in [4.78, 5) is 37.6. The van der Waals surface area contributed by atoms with Gasteiger partial charge in [0.1, 0.15) is 13.2 Å². The second kappa shape index (κ2) is 64.7. The van der Waals surface area contributed by atoms with E-state index in [-0.39, 0.29) is 38.2 Å². The van der Waals surface area contributed by atoms with Gasteiger partial charge < -0.3 is 28.5 Å². The molecule has 1 N–H and O–H groups in total. The average molecular weight is 1170 g/mol. The number of hydrogen-bond acceptors (Lipinski definition) is 7. The molecule has 482 valence electrons. The molecule has 0 heterocycles. The lowest BCUT2D eigenvalue weighted by Gasteiger charge is -2.25. The molecule has 9 nitrogen and oxygen atoms in total. The molecule has 83 heavy (non-hydrogen) atoms. The van der Waals surface area contributed by atoms with E-state index in [9.17, 15) is 19.5 Å². The van der Waals surface area contributed by atoms with Gasteiger partial charge in [-0.3, -0.25) is 9.59 Å². The van der Waals surface area contributed by atoms with E-state index in [2.05, 4.69) is 86.8 Å². The number of quaternary nitrogens is 1. The van der Waals surface area contributed by atoms with E-state index in [4.69, 9.17) is 18.9 Å². The van der Waals surface area contributed by atoms with Crippen LogP contribution in [-0.4, -0.2) is 87.4 Å². The Labute approximate surface area is 513 Å². The van der Waals surface area contributed by atoms with Crippen molar-refractivity contribution in [3.8, 4) is 0 Å². The van der Waals surface area contributed by atoms with Crippen molar-refractivity contribution >= 4 is 17.9 Å². The second-order valence-electron chi connectivity index (χ2n) is 24.8. The summed E-state index contributed by atoms with van der Waals surface area (Å²) in [7, 11) is 5.98. The number of nitrogens with zero attached hydrogens (tertiary/aromatic N) is 1. The van der Waals surface area contributed by atoms with Crippen molar-refractivity contribution in [3.63, 3.8) is 0 Å². The first-order valence-corrected chi connectivity index (χ1v) is 35.1. The summed E-state index contributed by atoms with van der Waals surface area (Å²) in [5.74, 6) is -1.99. The Morgan fingerprint density at radius 2 is 0.687 bits per heavy atom. The quantitative estimate of drug-likeness (QED) is 0.0211. The normalized spacial score (nSPS) is 13.1. The van der Waals surface area contributed by atoms with E-state index in [1.165, 1.54) is 225 Å². The van der Waals surface area contributed by atoms with Gasteiger partial charge in [-0.2, -0.15) is 0 Å². The van der Waals surface area contributed by atoms with Crippen LogP contribution in [0.2, 0.25) is 0 Å². The molecule has 0 aliphatic heterocycles. The predicted molar refractivity (Wildman–Crippen MR) is 355 cm³/mol. The highest BCUT2D eigenvalue weighted by molar-refractivity contribution is 5.71. The molecular formula is C74H134NO8+. The molecule has 0 aromatic heterocycles. The van der Waals surface area contributed by atoms with Crippen LogP contribution in [0.4, 0.5) is 0 Å². The van der Waals surface area contributed by atoms with Gasteiger partial charge in [0.15, 0.2) is 6.10 Å². The molecule has 9 heteroatoms. The van der Waals surface area contributed by atoms with Crippen LogP contribution in [0.15, 0.2) is 72.9 Å². The summed E-state index contributed by atoms with van der Waals surface area (Å²) in [6.45, 7) is 4.80. The zero-order valence-electron chi connectivity index (χ0n) is 55.1. The van der Waals surface area contributed by atoms with Gasteiger partial charge >= 0.3 is 17.9 Å². The lowest BCUT2D eigenvalue weighted by atomic mass is 10.0. The van der Waals surface area contributed by atoms with Crippen molar-refractivity contribution in [3.05, 3.63) is 72.9 Å². The third-order valence-corrected chi connectivity index (χ3v) is 15.4. The summed E-state index contributed by atoms with van der Waals surface area (Å²) in [6, 6.07) is 0. The average Bonchev–Trinajstić information content (AvgIpc) is 3.46. The zero-order valence-corrected chi connectivity index (χ0v) is 55.1. The summed E-state index contributed by atoms with van der Waals surface area (Å²) < 4.78 is 23.0. The lowest BCUT2D eigenvalue weighted by Crippen LogP contribution is -2.40. The number of likely N-dealkylation sites (N-methyl/N-ethyl adjacent to an activating group) is 1. The van der Waals surface area contributed by atoms with Gasteiger partial charge in [-0.25, -0.2) is 4.79 Å². The minimum atomic E-state index is -1.51. The maximum Gasteiger partial charge on any atom is 0.361 e. The molecule has 0 radical (unpaired) electrons. The minimum absolute atomic E-state index is 0.180. The fourth-order valence-corrected chi connectivity index (χ4v) is 10.1. The molecule has 0 aromatic carbocycles. The number of unbranched alkanes of at least 4 members (excludes halogenated alkanes) is 38. The maximum atomic E-state index is 12.9. The predicted octanol–water partition coefficient (Wildman–Crippen LogP) is 21.7. The van der Waals surface area contributed by atoms with Gasteiger partial charge in [-0.05, 0) is 83.5 Å². The number of rotatable bonds is 65. The van der Waals surface area contributed by atoms with Crippen LogP contribution < -0.4 is 0 Å². The molecule has 0 aliphatic rings. The number of carbonyl (C=O) groups excluding carboxylic acids is 2. The summed E-state index contributed by atoms with van der Waals surface area (Å²) >= 11 is 0. The first kappa shape index (κ1) is 79.7. The van der Waals surface area contributed by atoms with Gasteiger partial charge in [0.05, 0.1) is 34.4 Å². The Morgan fingerprint density at radius 1 is 0.373 bits per heavy atom. The minimum Gasteiger partial charge on any atom is -0.477 e. The molecule has 0 spiro atoms. The Balaban J connectivity index is 4.08. The van der Waals surface area contributed by atoms with E-state index in [1.54, 1.807) is 0 Å². The van der Waals surface area contributed by atoms with Crippen LogP contribution in [0.1, 0.15) is 322 Å². The topological polar surface area (TPSA) is 108 Å².